The van der Waals surface area contributed by atoms with Crippen molar-refractivity contribution in [1.82, 2.24) is 9.97 Å². The number of hydrogen-bond acceptors (Lipinski definition) is 6. The number of nitrogens with zero attached hydrogens (tertiary/aromatic N) is 2. The van der Waals surface area contributed by atoms with Crippen LogP contribution in [0.3, 0.4) is 0 Å². The Kier molecular flexibility index (Phi) is 6.26. The maximum absolute atomic E-state index is 14.4. The van der Waals surface area contributed by atoms with Gasteiger partial charge < -0.3 is 20.3 Å². The molecule has 1 aliphatic heterocycles. The Labute approximate surface area is 198 Å². The molecular formula is C25H22F3N3O4. The van der Waals surface area contributed by atoms with E-state index in [0.717, 1.165) is 43.2 Å². The van der Waals surface area contributed by atoms with Gasteiger partial charge in [0, 0.05) is 18.2 Å². The van der Waals surface area contributed by atoms with Crippen molar-refractivity contribution in [3.63, 3.8) is 0 Å². The molecular weight excluding hydrogens is 463 g/mol. The lowest BCUT2D eigenvalue weighted by atomic mass is 9.91. The van der Waals surface area contributed by atoms with Crippen LogP contribution in [0.4, 0.5) is 18.9 Å². The fourth-order valence-corrected chi connectivity index (χ4v) is 4.36. The van der Waals surface area contributed by atoms with Crippen LogP contribution >= 0.6 is 0 Å². The van der Waals surface area contributed by atoms with E-state index < -0.39 is 59.0 Å². The fraction of sp³-hybridized carbons (Fsp3) is 0.320. The molecule has 182 valence electrons. The fourth-order valence-electron chi connectivity index (χ4n) is 4.36. The molecule has 3 heterocycles. The summed E-state index contributed by atoms with van der Waals surface area (Å²) in [7, 11) is 0. The number of aliphatic hydroxyl groups is 2. The SMILES string of the molecule is O=C(Nc1cnccc1[C@@H]1C[C@H](O)[C@@H](O)[C@H](C2CC2)O1)c1ccc(F)c(-c2c(F)cccc2F)n1. The lowest BCUT2D eigenvalue weighted by molar-refractivity contribution is -0.177. The van der Waals surface area contributed by atoms with E-state index in [2.05, 4.69) is 15.3 Å². The summed E-state index contributed by atoms with van der Waals surface area (Å²) < 4.78 is 48.9. The molecule has 1 saturated carbocycles. The van der Waals surface area contributed by atoms with Gasteiger partial charge in [-0.15, -0.1) is 0 Å². The third-order valence-electron chi connectivity index (χ3n) is 6.32. The smallest absolute Gasteiger partial charge is 0.274 e. The van der Waals surface area contributed by atoms with Crippen LogP contribution in [0, 0.1) is 23.4 Å². The molecule has 2 aromatic heterocycles. The molecule has 1 amide bonds. The summed E-state index contributed by atoms with van der Waals surface area (Å²) in [6, 6.07) is 6.73. The van der Waals surface area contributed by atoms with Crippen molar-refractivity contribution in [2.45, 2.75) is 43.7 Å². The first-order chi connectivity index (χ1) is 16.8. The molecule has 0 spiro atoms. The number of rotatable bonds is 5. The number of hydrogen-bond donors (Lipinski definition) is 3. The highest BCUT2D eigenvalue weighted by Crippen LogP contribution is 2.44. The van der Waals surface area contributed by atoms with Crippen molar-refractivity contribution in [3.05, 3.63) is 77.5 Å². The van der Waals surface area contributed by atoms with Gasteiger partial charge in [0.1, 0.15) is 34.9 Å². The van der Waals surface area contributed by atoms with Crippen LogP contribution in [0.2, 0.25) is 0 Å². The first-order valence-corrected chi connectivity index (χ1v) is 11.2. The summed E-state index contributed by atoms with van der Waals surface area (Å²) in [6.07, 6.45) is 1.72. The first kappa shape index (κ1) is 23.4. The largest absolute Gasteiger partial charge is 0.390 e. The molecule has 1 aromatic carbocycles. The number of anilines is 1. The lowest BCUT2D eigenvalue weighted by Crippen LogP contribution is -2.46. The van der Waals surface area contributed by atoms with E-state index in [1.807, 2.05) is 0 Å². The van der Waals surface area contributed by atoms with E-state index in [1.54, 1.807) is 6.07 Å². The second kappa shape index (κ2) is 9.37. The van der Waals surface area contributed by atoms with Gasteiger partial charge in [0.25, 0.3) is 5.91 Å². The number of aliphatic hydroxyl groups excluding tert-OH is 2. The summed E-state index contributed by atoms with van der Waals surface area (Å²) in [4.78, 5) is 20.9. The van der Waals surface area contributed by atoms with Crippen LogP contribution in [-0.4, -0.2) is 44.4 Å². The highest BCUT2D eigenvalue weighted by molar-refractivity contribution is 6.03. The molecule has 0 radical (unpaired) electrons. The topological polar surface area (TPSA) is 105 Å². The maximum atomic E-state index is 14.4. The van der Waals surface area contributed by atoms with Gasteiger partial charge in [0.2, 0.25) is 0 Å². The Hall–Kier alpha value is -3.34. The predicted molar refractivity (Wildman–Crippen MR) is 119 cm³/mol. The number of benzene rings is 1. The summed E-state index contributed by atoms with van der Waals surface area (Å²) in [6.45, 7) is 0. The van der Waals surface area contributed by atoms with Gasteiger partial charge in [-0.2, -0.15) is 0 Å². The number of carbonyl (C=O) groups is 1. The van der Waals surface area contributed by atoms with Crippen LogP contribution in [0.15, 0.2) is 48.8 Å². The van der Waals surface area contributed by atoms with Crippen molar-refractivity contribution in [3.8, 4) is 11.3 Å². The van der Waals surface area contributed by atoms with Crippen LogP contribution in [0.1, 0.15) is 41.4 Å². The number of ether oxygens (including phenoxy) is 1. The van der Waals surface area contributed by atoms with Gasteiger partial charge in [-0.1, -0.05) is 6.07 Å². The Morgan fingerprint density at radius 2 is 1.77 bits per heavy atom. The molecule has 10 heteroatoms. The highest BCUT2D eigenvalue weighted by Gasteiger charge is 2.45. The zero-order valence-electron chi connectivity index (χ0n) is 18.4. The summed E-state index contributed by atoms with van der Waals surface area (Å²) >= 11 is 0. The standard InChI is InChI=1S/C25H22F3N3O4/c26-14-2-1-3-15(27)21(14)22-16(28)6-7-17(30-22)25(34)31-18-11-29-9-8-13(18)20-10-19(32)23(33)24(35-20)12-4-5-12/h1-3,6-9,11-12,19-20,23-24,32-33H,4-5,10H2,(H,31,34)/t19-,20-,23+,24-/m0/s1. The lowest BCUT2D eigenvalue weighted by Gasteiger charge is -2.38. The molecule has 1 saturated heterocycles. The average molecular weight is 485 g/mol. The molecule has 0 bridgehead atoms. The summed E-state index contributed by atoms with van der Waals surface area (Å²) in [5.41, 5.74) is -0.761. The third kappa shape index (κ3) is 4.64. The van der Waals surface area contributed by atoms with Gasteiger partial charge in [-0.25, -0.2) is 18.2 Å². The van der Waals surface area contributed by atoms with Crippen LogP contribution in [0.25, 0.3) is 11.3 Å². The van der Waals surface area contributed by atoms with E-state index in [9.17, 15) is 28.2 Å². The second-order valence-electron chi connectivity index (χ2n) is 8.76. The number of aromatic nitrogens is 2. The maximum Gasteiger partial charge on any atom is 0.274 e. The number of nitrogens with one attached hydrogen (secondary N) is 1. The molecule has 1 aliphatic carbocycles. The highest BCUT2D eigenvalue weighted by atomic mass is 19.1. The quantitative estimate of drug-likeness (QED) is 0.508. The molecule has 4 atom stereocenters. The minimum Gasteiger partial charge on any atom is -0.390 e. The Morgan fingerprint density at radius 1 is 1.03 bits per heavy atom. The minimum absolute atomic E-state index is 0.114. The number of halogens is 3. The van der Waals surface area contributed by atoms with Gasteiger partial charge in [-0.3, -0.25) is 9.78 Å². The number of carbonyl (C=O) groups excluding carboxylic acids is 1. The van der Waals surface area contributed by atoms with Crippen molar-refractivity contribution in [1.29, 1.82) is 0 Å². The van der Waals surface area contributed by atoms with Crippen LogP contribution in [-0.2, 0) is 4.74 Å². The average Bonchev–Trinajstić information content (AvgIpc) is 3.67. The first-order valence-electron chi connectivity index (χ1n) is 11.2. The Balaban J connectivity index is 1.42. The van der Waals surface area contributed by atoms with Crippen molar-refractivity contribution in [2.75, 3.05) is 5.32 Å². The second-order valence-corrected chi connectivity index (χ2v) is 8.76. The van der Waals surface area contributed by atoms with Crippen molar-refractivity contribution < 1.29 is 32.9 Å². The molecule has 7 nitrogen and oxygen atoms in total. The molecule has 2 aliphatic rings. The van der Waals surface area contributed by atoms with E-state index in [1.165, 1.54) is 12.4 Å². The van der Waals surface area contributed by atoms with E-state index >= 15 is 0 Å². The Morgan fingerprint density at radius 3 is 2.49 bits per heavy atom. The zero-order valence-corrected chi connectivity index (χ0v) is 18.4. The molecule has 5 rings (SSSR count). The van der Waals surface area contributed by atoms with Gasteiger partial charge in [0.05, 0.1) is 35.8 Å². The molecule has 3 N–H and O–H groups in total. The number of pyridine rings is 2. The summed E-state index contributed by atoms with van der Waals surface area (Å²) in [5, 5.41) is 23.3. The van der Waals surface area contributed by atoms with Crippen LogP contribution < -0.4 is 5.32 Å². The number of amides is 1. The molecule has 3 aromatic rings. The minimum atomic E-state index is -1.01. The van der Waals surface area contributed by atoms with Gasteiger partial charge in [0.15, 0.2) is 0 Å². The molecule has 0 unspecified atom stereocenters. The van der Waals surface area contributed by atoms with E-state index in [4.69, 9.17) is 4.74 Å². The Bertz CT molecular complexity index is 1250. The van der Waals surface area contributed by atoms with E-state index in [0.29, 0.717) is 5.56 Å². The summed E-state index contributed by atoms with van der Waals surface area (Å²) in [5.74, 6) is -3.59. The molecule has 35 heavy (non-hydrogen) atoms. The van der Waals surface area contributed by atoms with E-state index in [-0.39, 0.29) is 23.7 Å². The molecule has 2 fully saturated rings. The predicted octanol–water partition coefficient (Wildman–Crippen LogP) is 3.78. The normalized spacial score (nSPS) is 24.3. The van der Waals surface area contributed by atoms with Crippen LogP contribution in [0.5, 0.6) is 0 Å². The zero-order chi connectivity index (χ0) is 24.7. The van der Waals surface area contributed by atoms with Crippen molar-refractivity contribution in [2.24, 2.45) is 5.92 Å². The monoisotopic (exact) mass is 485 g/mol. The van der Waals surface area contributed by atoms with Gasteiger partial charge in [-0.05, 0) is 49.1 Å². The van der Waals surface area contributed by atoms with Gasteiger partial charge >= 0.3 is 0 Å². The third-order valence-corrected chi connectivity index (χ3v) is 6.32. The van der Waals surface area contributed by atoms with Crippen molar-refractivity contribution >= 4 is 11.6 Å².